The van der Waals surface area contributed by atoms with E-state index in [0.29, 0.717) is 5.56 Å². The van der Waals surface area contributed by atoms with Crippen molar-refractivity contribution >= 4 is 19.7 Å². The van der Waals surface area contributed by atoms with Gasteiger partial charge in [0.15, 0.2) is 0 Å². The SMILES string of the molecule is CC(C)c1cc(S(=O)(=O)Cl)ccc1OCC(F)F. The van der Waals surface area contributed by atoms with E-state index in [1.807, 2.05) is 0 Å². The van der Waals surface area contributed by atoms with Gasteiger partial charge in [-0.15, -0.1) is 0 Å². The highest BCUT2D eigenvalue weighted by atomic mass is 35.7. The predicted molar refractivity (Wildman–Crippen MR) is 65.1 cm³/mol. The second-order valence-corrected chi connectivity index (χ2v) is 6.56. The molecule has 7 heteroatoms. The Bertz CT molecular complexity index is 515. The first kappa shape index (κ1) is 15.2. The molecule has 0 bridgehead atoms. The van der Waals surface area contributed by atoms with Gasteiger partial charge in [-0.05, 0) is 29.7 Å². The summed E-state index contributed by atoms with van der Waals surface area (Å²) in [7, 11) is 1.39. The van der Waals surface area contributed by atoms with Gasteiger partial charge in [0.2, 0.25) is 0 Å². The molecule has 0 aliphatic carbocycles. The maximum Gasteiger partial charge on any atom is 0.272 e. The molecule has 0 aliphatic rings. The van der Waals surface area contributed by atoms with Gasteiger partial charge >= 0.3 is 0 Å². The first-order chi connectivity index (χ1) is 8.21. The normalized spacial score (nSPS) is 12.2. The Morgan fingerprint density at radius 1 is 1.33 bits per heavy atom. The average molecular weight is 299 g/mol. The van der Waals surface area contributed by atoms with Gasteiger partial charge in [0, 0.05) is 10.7 Å². The minimum Gasteiger partial charge on any atom is -0.487 e. The van der Waals surface area contributed by atoms with Crippen LogP contribution in [0.1, 0.15) is 25.3 Å². The largest absolute Gasteiger partial charge is 0.487 e. The van der Waals surface area contributed by atoms with Crippen molar-refractivity contribution < 1.29 is 21.9 Å². The van der Waals surface area contributed by atoms with E-state index < -0.39 is 22.1 Å². The lowest BCUT2D eigenvalue weighted by Gasteiger charge is -2.14. The highest BCUT2D eigenvalue weighted by Crippen LogP contribution is 2.30. The predicted octanol–water partition coefficient (Wildman–Crippen LogP) is 3.38. The summed E-state index contributed by atoms with van der Waals surface area (Å²) in [4.78, 5) is -0.0720. The zero-order chi connectivity index (χ0) is 13.9. The van der Waals surface area contributed by atoms with E-state index in [1.54, 1.807) is 13.8 Å². The Kier molecular flexibility index (Phi) is 4.92. The summed E-state index contributed by atoms with van der Waals surface area (Å²) in [5.74, 6) is 0.172. The first-order valence-corrected chi connectivity index (χ1v) is 7.52. The van der Waals surface area contributed by atoms with E-state index in [-0.39, 0.29) is 16.6 Å². The third kappa shape index (κ3) is 4.10. The van der Waals surface area contributed by atoms with Crippen molar-refractivity contribution in [2.75, 3.05) is 6.61 Å². The molecule has 0 aromatic heterocycles. The summed E-state index contributed by atoms with van der Waals surface area (Å²) in [6.07, 6.45) is -2.58. The quantitative estimate of drug-likeness (QED) is 0.783. The van der Waals surface area contributed by atoms with E-state index in [4.69, 9.17) is 15.4 Å². The van der Waals surface area contributed by atoms with E-state index >= 15 is 0 Å². The third-order valence-corrected chi connectivity index (χ3v) is 3.60. The van der Waals surface area contributed by atoms with Crippen LogP contribution >= 0.6 is 10.7 Å². The van der Waals surface area contributed by atoms with Crippen LogP contribution in [0.4, 0.5) is 8.78 Å². The summed E-state index contributed by atoms with van der Waals surface area (Å²) in [5.41, 5.74) is 0.525. The second-order valence-electron chi connectivity index (χ2n) is 3.99. The maximum atomic E-state index is 12.1. The zero-order valence-electron chi connectivity index (χ0n) is 9.86. The monoisotopic (exact) mass is 298 g/mol. The lowest BCUT2D eigenvalue weighted by Crippen LogP contribution is -2.09. The van der Waals surface area contributed by atoms with Crippen molar-refractivity contribution in [1.29, 1.82) is 0 Å². The van der Waals surface area contributed by atoms with E-state index in [2.05, 4.69) is 0 Å². The molecule has 0 heterocycles. The Morgan fingerprint density at radius 2 is 1.94 bits per heavy atom. The van der Waals surface area contributed by atoms with Crippen LogP contribution < -0.4 is 4.74 Å². The standard InChI is InChI=1S/C11H13ClF2O3S/c1-7(2)9-5-8(18(12,15)16)3-4-10(9)17-6-11(13)14/h3-5,7,11H,6H2,1-2H3. The minimum atomic E-state index is -3.84. The lowest BCUT2D eigenvalue weighted by atomic mass is 10.0. The fraction of sp³-hybridized carbons (Fsp3) is 0.455. The highest BCUT2D eigenvalue weighted by molar-refractivity contribution is 8.13. The first-order valence-electron chi connectivity index (χ1n) is 5.21. The van der Waals surface area contributed by atoms with Crippen LogP contribution in [0, 0.1) is 0 Å². The van der Waals surface area contributed by atoms with Gasteiger partial charge < -0.3 is 4.74 Å². The Morgan fingerprint density at radius 3 is 2.39 bits per heavy atom. The number of rotatable bonds is 5. The zero-order valence-corrected chi connectivity index (χ0v) is 11.4. The molecule has 1 rings (SSSR count). The van der Waals surface area contributed by atoms with Crippen molar-refractivity contribution in [2.24, 2.45) is 0 Å². The molecule has 0 saturated heterocycles. The number of alkyl halides is 2. The molecule has 0 unspecified atom stereocenters. The molecular formula is C11H13ClF2O3S. The number of ether oxygens (including phenoxy) is 1. The van der Waals surface area contributed by atoms with Crippen LogP contribution in [-0.2, 0) is 9.05 Å². The van der Waals surface area contributed by atoms with Crippen molar-refractivity contribution in [3.05, 3.63) is 23.8 Å². The van der Waals surface area contributed by atoms with Gasteiger partial charge in [-0.2, -0.15) is 0 Å². The average Bonchev–Trinajstić information content (AvgIpc) is 2.24. The summed E-state index contributed by atoms with van der Waals surface area (Å²) >= 11 is 0. The van der Waals surface area contributed by atoms with E-state index in [9.17, 15) is 17.2 Å². The summed E-state index contributed by atoms with van der Waals surface area (Å²) in [6.45, 7) is 2.87. The number of hydrogen-bond acceptors (Lipinski definition) is 3. The van der Waals surface area contributed by atoms with Crippen LogP contribution in [0.3, 0.4) is 0 Å². The molecule has 1 aromatic rings. The molecule has 0 spiro atoms. The third-order valence-electron chi connectivity index (χ3n) is 2.25. The molecule has 18 heavy (non-hydrogen) atoms. The minimum absolute atomic E-state index is 0.0720. The fourth-order valence-corrected chi connectivity index (χ4v) is 2.20. The van der Waals surface area contributed by atoms with Gasteiger partial charge in [0.25, 0.3) is 15.5 Å². The van der Waals surface area contributed by atoms with E-state index in [1.165, 1.54) is 18.2 Å². The molecule has 0 radical (unpaired) electrons. The topological polar surface area (TPSA) is 43.4 Å². The number of halogens is 3. The molecular weight excluding hydrogens is 286 g/mol. The van der Waals surface area contributed by atoms with Crippen LogP contribution in [0.5, 0.6) is 5.75 Å². The summed E-state index contributed by atoms with van der Waals surface area (Å²) < 4.78 is 51.5. The molecule has 0 fully saturated rings. The molecule has 102 valence electrons. The molecule has 1 aromatic carbocycles. The van der Waals surface area contributed by atoms with Gasteiger partial charge in [-0.25, -0.2) is 17.2 Å². The van der Waals surface area contributed by atoms with Crippen molar-refractivity contribution in [3.8, 4) is 5.75 Å². The van der Waals surface area contributed by atoms with Gasteiger partial charge in [0.05, 0.1) is 4.90 Å². The van der Waals surface area contributed by atoms with Gasteiger partial charge in [-0.1, -0.05) is 13.8 Å². The maximum absolute atomic E-state index is 12.1. The highest BCUT2D eigenvalue weighted by Gasteiger charge is 2.16. The summed E-state index contributed by atoms with van der Waals surface area (Å²) in [5, 5.41) is 0. The van der Waals surface area contributed by atoms with Crippen LogP contribution in [-0.4, -0.2) is 21.5 Å². The van der Waals surface area contributed by atoms with E-state index in [0.717, 1.165) is 0 Å². The molecule has 0 amide bonds. The van der Waals surface area contributed by atoms with Crippen LogP contribution in [0.2, 0.25) is 0 Å². The number of hydrogen-bond donors (Lipinski definition) is 0. The molecule has 0 N–H and O–H groups in total. The Balaban J connectivity index is 3.13. The molecule has 3 nitrogen and oxygen atoms in total. The lowest BCUT2D eigenvalue weighted by molar-refractivity contribution is 0.0812. The molecule has 0 atom stereocenters. The van der Waals surface area contributed by atoms with Crippen molar-refractivity contribution in [1.82, 2.24) is 0 Å². The molecule has 0 aliphatic heterocycles. The Hall–Kier alpha value is -0.880. The van der Waals surface area contributed by atoms with Crippen molar-refractivity contribution in [2.45, 2.75) is 31.1 Å². The van der Waals surface area contributed by atoms with Gasteiger partial charge in [0.1, 0.15) is 12.4 Å². The van der Waals surface area contributed by atoms with Crippen molar-refractivity contribution in [3.63, 3.8) is 0 Å². The Labute approximate surface area is 109 Å². The summed E-state index contributed by atoms with van der Waals surface area (Å²) in [6, 6.07) is 3.91. The second kappa shape index (κ2) is 5.84. The fourth-order valence-electron chi connectivity index (χ4n) is 1.41. The number of benzene rings is 1. The van der Waals surface area contributed by atoms with Crippen LogP contribution in [0.15, 0.2) is 23.1 Å². The molecule has 0 saturated carbocycles. The van der Waals surface area contributed by atoms with Crippen LogP contribution in [0.25, 0.3) is 0 Å². The smallest absolute Gasteiger partial charge is 0.272 e. The van der Waals surface area contributed by atoms with Gasteiger partial charge in [-0.3, -0.25) is 0 Å².